The molecule has 0 heterocycles. The van der Waals surface area contributed by atoms with Crippen molar-refractivity contribution in [2.24, 2.45) is 23.1 Å². The number of sulfonamides is 4. The van der Waals surface area contributed by atoms with Gasteiger partial charge in [0.15, 0.2) is 0 Å². The quantitative estimate of drug-likeness (QED) is 0.0330. The second kappa shape index (κ2) is 27.8. The lowest BCUT2D eigenvalue weighted by Crippen LogP contribution is -2.54. The number of rotatable bonds is 33. The topological polar surface area (TPSA) is 372 Å². The number of nitrogens with two attached hydrogens (primary N) is 3. The molecule has 4 amide bonds. The summed E-state index contributed by atoms with van der Waals surface area (Å²) < 4.78 is 107. The van der Waals surface area contributed by atoms with Crippen molar-refractivity contribution in [3.63, 3.8) is 0 Å². The normalized spacial score (nSPS) is 14.4. The molecule has 4 atom stereocenters. The van der Waals surface area contributed by atoms with Crippen LogP contribution in [0.1, 0.15) is 44.2 Å². The predicted molar refractivity (Wildman–Crippen MR) is 260 cm³/mol. The highest BCUT2D eigenvalue weighted by Gasteiger charge is 2.32. The van der Waals surface area contributed by atoms with E-state index < -0.39 is 127 Å². The minimum Gasteiger partial charge on any atom is -0.508 e. The van der Waals surface area contributed by atoms with E-state index in [0.717, 1.165) is 41.6 Å². The Kier molecular flexibility index (Phi) is 24.4. The van der Waals surface area contributed by atoms with E-state index in [1.165, 1.54) is 43.3 Å². The minimum absolute atomic E-state index is 0.0633. The van der Waals surface area contributed by atoms with E-state index in [1.54, 1.807) is 19.1 Å². The van der Waals surface area contributed by atoms with E-state index in [1.807, 2.05) is 0 Å². The van der Waals surface area contributed by atoms with Crippen LogP contribution in [0.15, 0.2) is 48.5 Å². The van der Waals surface area contributed by atoms with Gasteiger partial charge in [0.05, 0.1) is 50.7 Å². The van der Waals surface area contributed by atoms with Crippen molar-refractivity contribution in [1.29, 1.82) is 0 Å². The summed E-state index contributed by atoms with van der Waals surface area (Å²) in [6, 6.07) is 9.10. The maximum absolute atomic E-state index is 13.9. The number of nitrogens with zero attached hydrogens (tertiary/aromatic N) is 4. The van der Waals surface area contributed by atoms with Crippen LogP contribution >= 0.6 is 0 Å². The second-order valence-corrected chi connectivity index (χ2v) is 25.2. The monoisotopic (exact) mass is 1050 g/mol. The van der Waals surface area contributed by atoms with Crippen LogP contribution in [0, 0.1) is 5.92 Å². The number of nitrogens with one attached hydrogen (secondary N) is 3. The summed E-state index contributed by atoms with van der Waals surface area (Å²) >= 11 is 0. The average molecular weight is 1060 g/mol. The maximum Gasteiger partial charge on any atom is 0.235 e. The zero-order valence-electron chi connectivity index (χ0n) is 39.7. The Balaban J connectivity index is 2.37. The molecule has 0 aliphatic carbocycles. The summed E-state index contributed by atoms with van der Waals surface area (Å²) in [5, 5.41) is 27.4. The van der Waals surface area contributed by atoms with Gasteiger partial charge in [-0.3, -0.25) is 19.2 Å². The lowest BCUT2D eigenvalue weighted by Gasteiger charge is -2.30. The van der Waals surface area contributed by atoms with Crippen LogP contribution in [0.3, 0.4) is 0 Å². The number of primary amides is 1. The number of unbranched alkanes of at least 4 members (excludes halogenated alkanes) is 1. The number of carbonyl (C=O) groups excluding carboxylic acids is 4. The highest BCUT2D eigenvalue weighted by Crippen LogP contribution is 2.17. The first-order valence-corrected chi connectivity index (χ1v) is 29.0. The van der Waals surface area contributed by atoms with Gasteiger partial charge < -0.3 is 43.4 Å². The summed E-state index contributed by atoms with van der Waals surface area (Å²) in [6.07, 6.45) is 3.90. The van der Waals surface area contributed by atoms with Gasteiger partial charge in [-0.15, -0.1) is 0 Å². The van der Waals surface area contributed by atoms with Crippen molar-refractivity contribution >= 4 is 63.7 Å². The molecule has 24 nitrogen and oxygen atoms in total. The molecule has 2 aromatic rings. The number of hydrogen-bond donors (Lipinski definition) is 8. The number of benzene rings is 2. The van der Waals surface area contributed by atoms with Crippen molar-refractivity contribution in [1.82, 2.24) is 33.2 Å². The maximum atomic E-state index is 13.9. The van der Waals surface area contributed by atoms with Gasteiger partial charge in [0.2, 0.25) is 63.7 Å². The van der Waals surface area contributed by atoms with Crippen molar-refractivity contribution in [2.75, 3.05) is 90.0 Å². The van der Waals surface area contributed by atoms with Crippen LogP contribution in [0.2, 0.25) is 0 Å². The van der Waals surface area contributed by atoms with Crippen LogP contribution < -0.4 is 33.2 Å². The first-order valence-electron chi connectivity index (χ1n) is 21.9. The van der Waals surface area contributed by atoms with Gasteiger partial charge in [-0.2, -0.15) is 17.2 Å². The molecule has 0 saturated carbocycles. The Hall–Kier alpha value is -4.52. The molecule has 0 spiro atoms. The summed E-state index contributed by atoms with van der Waals surface area (Å²) in [6.45, 7) is -1.07. The largest absolute Gasteiger partial charge is 0.508 e. The molecule has 0 fully saturated rings. The zero-order chi connectivity index (χ0) is 52.3. The van der Waals surface area contributed by atoms with Crippen LogP contribution in [0.4, 0.5) is 0 Å². The molecule has 69 heavy (non-hydrogen) atoms. The summed E-state index contributed by atoms with van der Waals surface area (Å²) in [7, 11) is -16.4. The van der Waals surface area contributed by atoms with Gasteiger partial charge >= 0.3 is 0 Å². The molecule has 0 aromatic heterocycles. The molecule has 0 radical (unpaired) electrons. The first-order chi connectivity index (χ1) is 31.9. The molecule has 2 rings (SSSR count). The van der Waals surface area contributed by atoms with Crippen molar-refractivity contribution in [3.8, 4) is 11.5 Å². The van der Waals surface area contributed by atoms with E-state index in [4.69, 9.17) is 17.2 Å². The predicted octanol–water partition coefficient (Wildman–Crippen LogP) is -3.02. The molecule has 11 N–H and O–H groups in total. The Labute approximate surface area is 406 Å². The number of aromatic hydroxyl groups is 2. The van der Waals surface area contributed by atoms with Crippen LogP contribution in [-0.2, 0) is 72.1 Å². The Morgan fingerprint density at radius 1 is 0.551 bits per heavy atom. The second-order valence-electron chi connectivity index (χ2n) is 17.2. The van der Waals surface area contributed by atoms with Gasteiger partial charge in [0.25, 0.3) is 0 Å². The van der Waals surface area contributed by atoms with E-state index in [0.29, 0.717) is 24.8 Å². The number of phenols is 2. The Morgan fingerprint density at radius 2 is 0.971 bits per heavy atom. The molecule has 0 aliphatic heterocycles. The minimum atomic E-state index is -4.21. The van der Waals surface area contributed by atoms with Gasteiger partial charge in [0.1, 0.15) is 11.5 Å². The van der Waals surface area contributed by atoms with E-state index in [2.05, 4.69) is 16.0 Å². The molecular formula is C41H70N10O14S4. The van der Waals surface area contributed by atoms with Gasteiger partial charge in [-0.1, -0.05) is 37.6 Å². The van der Waals surface area contributed by atoms with Crippen LogP contribution in [-0.4, -0.2) is 193 Å². The fourth-order valence-electron chi connectivity index (χ4n) is 7.14. The van der Waals surface area contributed by atoms with Crippen molar-refractivity contribution < 1.29 is 63.1 Å². The Bertz CT molecular complexity index is 2450. The standard InChI is InChI=1S/C41H70N10O14S4/c1-30(20-32-9-13-36(52)14-10-32)22-51(69(64,65)19-18-43)29-41(57)46-34(8-6-7-17-42)24-49(67(4,60)61)28-40(56)47-35(21-33-11-15-37(53)16-12-33)25-50(68(5,62)63)27-39(55)45-31(2)23-48(26-38(44)54)66(3,58)59/h9-16,30-31,34-35,52-53H,6-8,17-29,42-43H2,1-5H3,(H2,44,54)(H,45,55)(H,46,57)(H,47,56)/t30-,31-,34-,35-/m0/s1. The molecule has 28 heteroatoms. The molecule has 0 saturated heterocycles. The van der Waals surface area contributed by atoms with Gasteiger partial charge in [0, 0.05) is 50.8 Å². The van der Waals surface area contributed by atoms with E-state index in [9.17, 15) is 63.1 Å². The SMILES string of the molecule is C[C@@H](Cc1ccc(O)cc1)CN(CC(=O)N[C@@H](CCCCN)CN(CC(=O)N[C@@H](Cc1ccc(O)cc1)CN(CC(=O)N[C@@H](C)CN(CC(N)=O)S(C)(=O)=O)S(C)(=O)=O)S(C)(=O)=O)S(=O)(=O)CCN. The van der Waals surface area contributed by atoms with E-state index >= 15 is 0 Å². The Morgan fingerprint density at radius 3 is 1.42 bits per heavy atom. The summed E-state index contributed by atoms with van der Waals surface area (Å²) in [4.78, 5) is 52.2. The fourth-order valence-corrected chi connectivity index (χ4v) is 11.0. The first kappa shape index (κ1) is 60.6. The molecular weight excluding hydrogens is 985 g/mol. The van der Waals surface area contributed by atoms with Crippen molar-refractivity contribution in [3.05, 3.63) is 59.7 Å². The third-order valence-corrected chi connectivity index (χ3v) is 15.9. The smallest absolute Gasteiger partial charge is 0.235 e. The summed E-state index contributed by atoms with van der Waals surface area (Å²) in [5.74, 6) is -4.24. The third-order valence-electron chi connectivity index (χ3n) is 10.4. The van der Waals surface area contributed by atoms with Gasteiger partial charge in [-0.05, 0) is 80.5 Å². The number of hydrogen-bond acceptors (Lipinski definition) is 16. The number of phenolic OH excluding ortho intramolecular Hbond substituents is 2. The van der Waals surface area contributed by atoms with E-state index in [-0.39, 0.29) is 56.4 Å². The van der Waals surface area contributed by atoms with Crippen LogP contribution in [0.25, 0.3) is 0 Å². The molecule has 2 aromatic carbocycles. The van der Waals surface area contributed by atoms with Gasteiger partial charge in [-0.25, -0.2) is 33.7 Å². The molecule has 0 unspecified atom stereocenters. The molecule has 392 valence electrons. The lowest BCUT2D eigenvalue weighted by atomic mass is 10.0. The number of carbonyl (C=O) groups is 4. The highest BCUT2D eigenvalue weighted by atomic mass is 32.2. The molecule has 0 bridgehead atoms. The van der Waals surface area contributed by atoms with Crippen molar-refractivity contribution in [2.45, 2.75) is 64.1 Å². The number of amides is 4. The zero-order valence-corrected chi connectivity index (χ0v) is 43.0. The fraction of sp³-hybridized carbons (Fsp3) is 0.610. The molecule has 0 aliphatic rings. The average Bonchev–Trinajstić information content (AvgIpc) is 3.20. The lowest BCUT2D eigenvalue weighted by molar-refractivity contribution is -0.123. The van der Waals surface area contributed by atoms with Crippen LogP contribution in [0.5, 0.6) is 11.5 Å². The summed E-state index contributed by atoms with van der Waals surface area (Å²) in [5.41, 5.74) is 17.8. The third kappa shape index (κ3) is 23.8. The highest BCUT2D eigenvalue weighted by molar-refractivity contribution is 7.89.